The fourth-order valence-electron chi connectivity index (χ4n) is 4.15. The van der Waals surface area contributed by atoms with Crippen LogP contribution in [0.3, 0.4) is 0 Å². The third kappa shape index (κ3) is 4.26. The number of nitrogens with one attached hydrogen (secondary N) is 2. The van der Waals surface area contributed by atoms with Gasteiger partial charge in [-0.1, -0.05) is 24.3 Å². The van der Waals surface area contributed by atoms with Crippen molar-refractivity contribution in [1.82, 2.24) is 15.5 Å². The van der Waals surface area contributed by atoms with Gasteiger partial charge in [0.1, 0.15) is 23.6 Å². The molecule has 0 aliphatic carbocycles. The van der Waals surface area contributed by atoms with Crippen LogP contribution in [0.4, 0.5) is 0 Å². The predicted molar refractivity (Wildman–Crippen MR) is 112 cm³/mol. The first-order chi connectivity index (χ1) is 14.6. The lowest BCUT2D eigenvalue weighted by Crippen LogP contribution is -2.61. The van der Waals surface area contributed by atoms with Crippen molar-refractivity contribution < 1.29 is 19.1 Å². The molecule has 2 amide bonds. The van der Waals surface area contributed by atoms with Gasteiger partial charge in [0.15, 0.2) is 0 Å². The first-order valence-electron chi connectivity index (χ1n) is 10.2. The van der Waals surface area contributed by atoms with Crippen molar-refractivity contribution >= 4 is 11.8 Å². The minimum atomic E-state index is -0.525. The number of methoxy groups -OCH3 is 2. The Bertz CT molecular complexity index is 898. The molecule has 2 heterocycles. The SMILES string of the molecule is COc1ccc(CN[C@H]2C[C@H]3C(=O)N[C@@H](Cc4ccc(OC)cc4)C(=O)N3C2)cc1. The minimum Gasteiger partial charge on any atom is -0.497 e. The van der Waals surface area contributed by atoms with Crippen molar-refractivity contribution in [1.29, 1.82) is 0 Å². The van der Waals surface area contributed by atoms with Gasteiger partial charge in [-0.2, -0.15) is 0 Å². The van der Waals surface area contributed by atoms with Crippen molar-refractivity contribution in [3.05, 3.63) is 59.7 Å². The molecule has 2 fully saturated rings. The Labute approximate surface area is 176 Å². The molecule has 0 radical (unpaired) electrons. The van der Waals surface area contributed by atoms with Crippen molar-refractivity contribution in [2.75, 3.05) is 20.8 Å². The van der Waals surface area contributed by atoms with Gasteiger partial charge < -0.3 is 25.0 Å². The number of amides is 2. The molecule has 0 unspecified atom stereocenters. The second kappa shape index (κ2) is 8.75. The number of fused-ring (bicyclic) bond motifs is 1. The summed E-state index contributed by atoms with van der Waals surface area (Å²) in [5, 5.41) is 6.40. The van der Waals surface area contributed by atoms with E-state index in [0.29, 0.717) is 25.9 Å². The number of benzene rings is 2. The molecular formula is C23H27N3O4. The quantitative estimate of drug-likeness (QED) is 0.725. The Balaban J connectivity index is 1.36. The fraction of sp³-hybridized carbons (Fsp3) is 0.391. The molecule has 2 aromatic carbocycles. The molecule has 2 saturated heterocycles. The number of nitrogens with zero attached hydrogens (tertiary/aromatic N) is 1. The van der Waals surface area contributed by atoms with Crippen LogP contribution in [-0.2, 0) is 22.6 Å². The summed E-state index contributed by atoms with van der Waals surface area (Å²) >= 11 is 0. The minimum absolute atomic E-state index is 0.0100. The van der Waals surface area contributed by atoms with Crippen LogP contribution in [0.2, 0.25) is 0 Å². The van der Waals surface area contributed by atoms with E-state index in [1.54, 1.807) is 19.1 Å². The summed E-state index contributed by atoms with van der Waals surface area (Å²) in [7, 11) is 3.26. The average molecular weight is 409 g/mol. The van der Waals surface area contributed by atoms with E-state index in [-0.39, 0.29) is 17.9 Å². The van der Waals surface area contributed by atoms with Gasteiger partial charge >= 0.3 is 0 Å². The van der Waals surface area contributed by atoms with Crippen molar-refractivity contribution in [3.63, 3.8) is 0 Å². The molecule has 0 saturated carbocycles. The second-order valence-electron chi connectivity index (χ2n) is 7.78. The van der Waals surface area contributed by atoms with E-state index in [9.17, 15) is 9.59 Å². The van der Waals surface area contributed by atoms with Gasteiger partial charge in [0, 0.05) is 25.6 Å². The number of ether oxygens (including phenoxy) is 2. The summed E-state index contributed by atoms with van der Waals surface area (Å²) < 4.78 is 10.4. The van der Waals surface area contributed by atoms with E-state index >= 15 is 0 Å². The fourth-order valence-corrected chi connectivity index (χ4v) is 4.15. The highest BCUT2D eigenvalue weighted by Gasteiger charge is 2.46. The largest absolute Gasteiger partial charge is 0.497 e. The van der Waals surface area contributed by atoms with E-state index in [0.717, 1.165) is 22.6 Å². The van der Waals surface area contributed by atoms with E-state index in [1.807, 2.05) is 48.5 Å². The smallest absolute Gasteiger partial charge is 0.246 e. The van der Waals surface area contributed by atoms with Crippen LogP contribution >= 0.6 is 0 Å². The number of carbonyl (C=O) groups excluding carboxylic acids is 2. The maximum absolute atomic E-state index is 13.0. The van der Waals surface area contributed by atoms with Crippen molar-refractivity contribution in [2.24, 2.45) is 0 Å². The van der Waals surface area contributed by atoms with Gasteiger partial charge in [0.05, 0.1) is 14.2 Å². The first-order valence-corrected chi connectivity index (χ1v) is 10.2. The summed E-state index contributed by atoms with van der Waals surface area (Å²) in [5.74, 6) is 1.51. The van der Waals surface area contributed by atoms with E-state index in [1.165, 1.54) is 0 Å². The summed E-state index contributed by atoms with van der Waals surface area (Å²) in [6, 6.07) is 14.6. The Morgan fingerprint density at radius 1 is 0.967 bits per heavy atom. The summed E-state index contributed by atoms with van der Waals surface area (Å²) in [4.78, 5) is 27.4. The molecule has 2 N–H and O–H groups in total. The molecule has 4 rings (SSSR count). The maximum Gasteiger partial charge on any atom is 0.246 e. The average Bonchev–Trinajstić information content (AvgIpc) is 3.22. The normalized spacial score (nSPS) is 23.1. The zero-order valence-corrected chi connectivity index (χ0v) is 17.3. The highest BCUT2D eigenvalue weighted by atomic mass is 16.5. The number of hydrogen-bond donors (Lipinski definition) is 2. The lowest BCUT2D eigenvalue weighted by molar-refractivity contribution is -0.147. The van der Waals surface area contributed by atoms with Gasteiger partial charge in [-0.3, -0.25) is 9.59 Å². The molecular weight excluding hydrogens is 382 g/mol. The molecule has 2 aliphatic rings. The van der Waals surface area contributed by atoms with Crippen LogP contribution < -0.4 is 20.1 Å². The molecule has 0 spiro atoms. The zero-order chi connectivity index (χ0) is 21.1. The Morgan fingerprint density at radius 2 is 1.57 bits per heavy atom. The predicted octanol–water partition coefficient (Wildman–Crippen LogP) is 1.50. The van der Waals surface area contributed by atoms with Gasteiger partial charge in [0.2, 0.25) is 11.8 Å². The van der Waals surface area contributed by atoms with Gasteiger partial charge in [-0.15, -0.1) is 0 Å². The Morgan fingerprint density at radius 3 is 2.17 bits per heavy atom. The van der Waals surface area contributed by atoms with Gasteiger partial charge in [-0.25, -0.2) is 0 Å². The number of rotatable bonds is 7. The van der Waals surface area contributed by atoms with Crippen molar-refractivity contribution in [2.45, 2.75) is 37.5 Å². The highest BCUT2D eigenvalue weighted by molar-refractivity contribution is 5.97. The molecule has 158 valence electrons. The van der Waals surface area contributed by atoms with E-state index in [4.69, 9.17) is 9.47 Å². The maximum atomic E-state index is 13.0. The van der Waals surface area contributed by atoms with Gasteiger partial charge in [-0.05, 0) is 41.8 Å². The van der Waals surface area contributed by atoms with Crippen LogP contribution in [-0.4, -0.2) is 55.6 Å². The molecule has 2 aliphatic heterocycles. The number of piperazine rings is 1. The van der Waals surface area contributed by atoms with Crippen LogP contribution in [0.5, 0.6) is 11.5 Å². The third-order valence-electron chi connectivity index (χ3n) is 5.85. The molecule has 3 atom stereocenters. The number of hydrogen-bond acceptors (Lipinski definition) is 5. The molecule has 2 aromatic rings. The molecule has 7 heteroatoms. The summed E-state index contributed by atoms with van der Waals surface area (Å²) in [6.45, 7) is 1.23. The topological polar surface area (TPSA) is 79.9 Å². The Kier molecular flexibility index (Phi) is 5.90. The summed E-state index contributed by atoms with van der Waals surface area (Å²) in [5.41, 5.74) is 2.12. The standard InChI is InChI=1S/C23H27N3O4/c1-29-18-7-3-15(4-8-18)11-20-23(28)26-14-17(12-21(26)22(27)25-20)24-13-16-5-9-19(30-2)10-6-16/h3-10,17,20-21,24H,11-14H2,1-2H3,(H,25,27)/t17-,20-,21-/m0/s1. The van der Waals surface area contributed by atoms with Gasteiger partial charge in [0.25, 0.3) is 0 Å². The van der Waals surface area contributed by atoms with Crippen LogP contribution in [0.1, 0.15) is 17.5 Å². The number of carbonyl (C=O) groups is 2. The van der Waals surface area contributed by atoms with Crippen LogP contribution in [0.15, 0.2) is 48.5 Å². The first kappa shape index (κ1) is 20.2. The molecule has 0 bridgehead atoms. The molecule has 30 heavy (non-hydrogen) atoms. The lowest BCUT2D eigenvalue weighted by atomic mass is 10.0. The van der Waals surface area contributed by atoms with Crippen LogP contribution in [0.25, 0.3) is 0 Å². The molecule has 7 nitrogen and oxygen atoms in total. The highest BCUT2D eigenvalue weighted by Crippen LogP contribution is 2.25. The Hall–Kier alpha value is -3.06. The summed E-state index contributed by atoms with van der Waals surface area (Å²) in [6.07, 6.45) is 1.10. The van der Waals surface area contributed by atoms with Crippen LogP contribution in [0, 0.1) is 0 Å². The third-order valence-corrected chi connectivity index (χ3v) is 5.85. The monoisotopic (exact) mass is 409 g/mol. The van der Waals surface area contributed by atoms with Crippen molar-refractivity contribution in [3.8, 4) is 11.5 Å². The van der Waals surface area contributed by atoms with E-state index < -0.39 is 12.1 Å². The zero-order valence-electron chi connectivity index (χ0n) is 17.3. The lowest BCUT2D eigenvalue weighted by Gasteiger charge is -2.34. The van der Waals surface area contributed by atoms with E-state index in [2.05, 4.69) is 10.6 Å². The second-order valence-corrected chi connectivity index (χ2v) is 7.78. The molecule has 0 aromatic heterocycles.